The second-order valence-corrected chi connectivity index (χ2v) is 6.27. The molecule has 0 spiro atoms. The zero-order valence-corrected chi connectivity index (χ0v) is 15.0. The lowest BCUT2D eigenvalue weighted by Gasteiger charge is -2.32. The van der Waals surface area contributed by atoms with E-state index in [1.54, 1.807) is 7.11 Å². The lowest BCUT2D eigenvalue weighted by Crippen LogP contribution is -2.31. The average molecular weight is 351 g/mol. The predicted molar refractivity (Wildman–Crippen MR) is 97.9 cm³/mol. The van der Waals surface area contributed by atoms with Crippen LogP contribution in [0.25, 0.3) is 0 Å². The van der Waals surface area contributed by atoms with Crippen LogP contribution in [0.4, 0.5) is 0 Å². The van der Waals surface area contributed by atoms with Crippen molar-refractivity contribution in [3.8, 4) is 34.8 Å². The third-order valence-electron chi connectivity index (χ3n) is 4.69. The van der Waals surface area contributed by atoms with E-state index in [9.17, 15) is 0 Å². The Morgan fingerprint density at radius 3 is 2.88 bits per heavy atom. The summed E-state index contributed by atoms with van der Waals surface area (Å²) in [6.45, 7) is 1.50. The zero-order valence-electron chi connectivity index (χ0n) is 15.0. The van der Waals surface area contributed by atoms with Crippen molar-refractivity contribution in [1.29, 1.82) is 0 Å². The van der Waals surface area contributed by atoms with E-state index in [1.165, 1.54) is 5.56 Å². The van der Waals surface area contributed by atoms with Crippen LogP contribution in [0.2, 0.25) is 0 Å². The first-order valence-electron chi connectivity index (χ1n) is 8.63. The smallest absolute Gasteiger partial charge is 0.231 e. The third kappa shape index (κ3) is 3.04. The van der Waals surface area contributed by atoms with Gasteiger partial charge in [0.15, 0.2) is 11.5 Å². The van der Waals surface area contributed by atoms with Crippen molar-refractivity contribution < 1.29 is 18.9 Å². The minimum Gasteiger partial charge on any atom is -0.492 e. The van der Waals surface area contributed by atoms with Crippen LogP contribution in [0, 0.1) is 11.8 Å². The molecular weight excluding hydrogens is 330 g/mol. The van der Waals surface area contributed by atoms with Crippen LogP contribution < -0.4 is 18.9 Å². The van der Waals surface area contributed by atoms with E-state index in [0.29, 0.717) is 12.4 Å². The van der Waals surface area contributed by atoms with Crippen molar-refractivity contribution in [1.82, 2.24) is 4.90 Å². The molecule has 5 heteroatoms. The van der Waals surface area contributed by atoms with Gasteiger partial charge in [-0.25, -0.2) is 0 Å². The Labute approximate surface area is 153 Å². The van der Waals surface area contributed by atoms with Gasteiger partial charge in [-0.3, -0.25) is 4.90 Å². The molecule has 2 heterocycles. The molecule has 0 aromatic heterocycles. The van der Waals surface area contributed by atoms with E-state index in [2.05, 4.69) is 29.9 Å². The fraction of sp³-hybridized carbons (Fsp3) is 0.333. The number of likely N-dealkylation sites (N-methyl/N-ethyl adjacent to an activating group) is 1. The molecule has 0 fully saturated rings. The summed E-state index contributed by atoms with van der Waals surface area (Å²) < 4.78 is 22.5. The van der Waals surface area contributed by atoms with Crippen LogP contribution >= 0.6 is 0 Å². The number of hydrogen-bond acceptors (Lipinski definition) is 5. The first-order valence-corrected chi connectivity index (χ1v) is 8.63. The number of hydrogen-bond donors (Lipinski definition) is 0. The molecule has 2 aliphatic heterocycles. The van der Waals surface area contributed by atoms with E-state index in [0.717, 1.165) is 35.8 Å². The maximum absolute atomic E-state index is 5.68. The lowest BCUT2D eigenvalue weighted by molar-refractivity contribution is 0.171. The number of benzene rings is 2. The van der Waals surface area contributed by atoms with E-state index in [4.69, 9.17) is 18.9 Å². The molecule has 4 rings (SSSR count). The summed E-state index contributed by atoms with van der Waals surface area (Å²) in [6.07, 6.45) is 0.928. The number of rotatable bonds is 3. The second-order valence-electron chi connectivity index (χ2n) is 6.27. The third-order valence-corrected chi connectivity index (χ3v) is 4.69. The first-order chi connectivity index (χ1) is 12.8. The van der Waals surface area contributed by atoms with Crippen molar-refractivity contribution in [2.45, 2.75) is 12.5 Å². The molecule has 0 unspecified atom stereocenters. The van der Waals surface area contributed by atoms with E-state index >= 15 is 0 Å². The van der Waals surface area contributed by atoms with Gasteiger partial charge in [0.1, 0.15) is 18.4 Å². The SMILES string of the molecule is COc1c2c(cc3c1[C@@H](C#CCOc1ccccc1)N(C)CC3)OCO2. The van der Waals surface area contributed by atoms with E-state index in [1.807, 2.05) is 30.3 Å². The van der Waals surface area contributed by atoms with Crippen molar-refractivity contribution in [3.05, 3.63) is 47.5 Å². The molecule has 0 N–H and O–H groups in total. The molecule has 2 aromatic rings. The van der Waals surface area contributed by atoms with E-state index < -0.39 is 0 Å². The fourth-order valence-corrected chi connectivity index (χ4v) is 3.39. The highest BCUT2D eigenvalue weighted by molar-refractivity contribution is 5.62. The zero-order chi connectivity index (χ0) is 17.9. The molecule has 0 saturated carbocycles. The fourth-order valence-electron chi connectivity index (χ4n) is 3.39. The van der Waals surface area contributed by atoms with Gasteiger partial charge in [-0.05, 0) is 37.2 Å². The van der Waals surface area contributed by atoms with Crippen LogP contribution in [0.15, 0.2) is 36.4 Å². The second kappa shape index (κ2) is 7.19. The molecular formula is C21H21NO4. The number of fused-ring (bicyclic) bond motifs is 2. The Morgan fingerprint density at radius 1 is 1.23 bits per heavy atom. The largest absolute Gasteiger partial charge is 0.492 e. The Morgan fingerprint density at radius 2 is 2.08 bits per heavy atom. The molecule has 0 saturated heterocycles. The quantitative estimate of drug-likeness (QED) is 0.795. The summed E-state index contributed by atoms with van der Waals surface area (Å²) in [4.78, 5) is 2.22. The Hall–Kier alpha value is -2.84. The molecule has 5 nitrogen and oxygen atoms in total. The van der Waals surface area contributed by atoms with Gasteiger partial charge in [-0.2, -0.15) is 0 Å². The average Bonchev–Trinajstić information content (AvgIpc) is 3.14. The summed E-state index contributed by atoms with van der Waals surface area (Å²) >= 11 is 0. The van der Waals surface area contributed by atoms with Gasteiger partial charge in [0, 0.05) is 12.1 Å². The highest BCUT2D eigenvalue weighted by Gasteiger charge is 2.33. The van der Waals surface area contributed by atoms with Crippen molar-refractivity contribution in [2.75, 3.05) is 34.1 Å². The molecule has 0 bridgehead atoms. The molecule has 0 aliphatic carbocycles. The van der Waals surface area contributed by atoms with Gasteiger partial charge >= 0.3 is 0 Å². The van der Waals surface area contributed by atoms with Gasteiger partial charge in [-0.15, -0.1) is 0 Å². The van der Waals surface area contributed by atoms with Crippen LogP contribution in [0.5, 0.6) is 23.0 Å². The van der Waals surface area contributed by atoms with E-state index in [-0.39, 0.29) is 12.8 Å². The van der Waals surface area contributed by atoms with Gasteiger partial charge in [0.25, 0.3) is 0 Å². The minimum atomic E-state index is -0.0671. The molecule has 2 aromatic carbocycles. The van der Waals surface area contributed by atoms with Gasteiger partial charge in [0.2, 0.25) is 12.5 Å². The Bertz CT molecular complexity index is 854. The lowest BCUT2D eigenvalue weighted by atomic mass is 9.91. The number of para-hydroxylation sites is 1. The summed E-state index contributed by atoms with van der Waals surface area (Å²) in [6, 6.07) is 11.7. The standard InChI is InChI=1S/C21H21NO4/c1-22-11-10-15-13-18-20(26-14-25-18)21(23-2)19(15)17(22)9-6-12-24-16-7-4-3-5-8-16/h3-5,7-8,13,17H,10-12,14H2,1-2H3/t17-/m1/s1. The maximum Gasteiger partial charge on any atom is 0.231 e. The molecule has 134 valence electrons. The van der Waals surface area contributed by atoms with Crippen LogP contribution in [-0.2, 0) is 6.42 Å². The Balaban J connectivity index is 1.61. The highest BCUT2D eigenvalue weighted by atomic mass is 16.7. The van der Waals surface area contributed by atoms with Crippen molar-refractivity contribution >= 4 is 0 Å². The summed E-state index contributed by atoms with van der Waals surface area (Å²) in [5, 5.41) is 0. The summed E-state index contributed by atoms with van der Waals surface area (Å²) in [5.41, 5.74) is 2.27. The molecule has 0 radical (unpaired) electrons. The minimum absolute atomic E-state index is 0.0671. The number of nitrogens with zero attached hydrogens (tertiary/aromatic N) is 1. The number of methoxy groups -OCH3 is 1. The van der Waals surface area contributed by atoms with Gasteiger partial charge in [0.05, 0.1) is 7.11 Å². The van der Waals surface area contributed by atoms with Crippen molar-refractivity contribution in [3.63, 3.8) is 0 Å². The van der Waals surface area contributed by atoms with Crippen LogP contribution in [0.1, 0.15) is 17.2 Å². The van der Waals surface area contributed by atoms with Crippen LogP contribution in [0.3, 0.4) is 0 Å². The molecule has 26 heavy (non-hydrogen) atoms. The van der Waals surface area contributed by atoms with Gasteiger partial charge in [-0.1, -0.05) is 30.0 Å². The Kier molecular flexibility index (Phi) is 4.59. The first kappa shape index (κ1) is 16.6. The van der Waals surface area contributed by atoms with Crippen molar-refractivity contribution in [2.24, 2.45) is 0 Å². The maximum atomic E-state index is 5.68. The number of ether oxygens (including phenoxy) is 4. The van der Waals surface area contributed by atoms with Gasteiger partial charge < -0.3 is 18.9 Å². The monoisotopic (exact) mass is 351 g/mol. The highest BCUT2D eigenvalue weighted by Crippen LogP contribution is 2.49. The topological polar surface area (TPSA) is 40.2 Å². The molecule has 0 amide bonds. The molecule has 1 atom stereocenters. The summed E-state index contributed by atoms with van der Waals surface area (Å²) in [5.74, 6) is 9.47. The predicted octanol–water partition coefficient (Wildman–Crippen LogP) is 3.04. The normalized spacial score (nSPS) is 17.8. The molecule has 2 aliphatic rings. The summed E-state index contributed by atoms with van der Waals surface area (Å²) in [7, 11) is 3.74. The van der Waals surface area contributed by atoms with Crippen LogP contribution in [-0.4, -0.2) is 39.0 Å².